The normalized spacial score (nSPS) is 10.5. The molecule has 0 aliphatic carbocycles. The maximum absolute atomic E-state index is 11.2. The molecule has 0 unspecified atom stereocenters. The first kappa shape index (κ1) is 17.9. The first-order chi connectivity index (χ1) is 11.6. The molecule has 0 aliphatic heterocycles. The Morgan fingerprint density at radius 2 is 1.75 bits per heavy atom. The van der Waals surface area contributed by atoms with Crippen molar-refractivity contribution in [2.75, 3.05) is 13.7 Å². The molecule has 128 valence electrons. The summed E-state index contributed by atoms with van der Waals surface area (Å²) in [5.41, 5.74) is 1.72. The van der Waals surface area contributed by atoms with E-state index in [1.54, 1.807) is 19.2 Å². The number of aldehydes is 1. The number of hydrogen-bond acceptors (Lipinski definition) is 4. The van der Waals surface area contributed by atoms with Gasteiger partial charge >= 0.3 is 0 Å². The predicted octanol–water partition coefficient (Wildman–Crippen LogP) is 5.21. The number of ether oxygens (including phenoxy) is 3. The molecule has 0 radical (unpaired) electrons. The summed E-state index contributed by atoms with van der Waals surface area (Å²) >= 11 is 0. The standard InChI is InChI=1S/C20H24O4/c1-5-10-23-20-18(22-4)11-15(13-21)12-19(20)24-17-8-6-16(7-9-17)14(2)3/h6-9,11-14H,5,10H2,1-4H3. The molecule has 0 spiro atoms. The fourth-order valence-electron chi connectivity index (χ4n) is 2.29. The SMILES string of the molecule is CCCOc1c(OC)cc(C=O)cc1Oc1ccc(C(C)C)cc1. The average Bonchev–Trinajstić information content (AvgIpc) is 2.60. The zero-order valence-electron chi connectivity index (χ0n) is 14.7. The number of rotatable bonds is 8. The second-order valence-corrected chi connectivity index (χ2v) is 5.84. The van der Waals surface area contributed by atoms with Crippen LogP contribution in [0, 0.1) is 0 Å². The van der Waals surface area contributed by atoms with Gasteiger partial charge in [-0.1, -0.05) is 32.9 Å². The molecule has 0 saturated carbocycles. The second kappa shape index (κ2) is 8.39. The van der Waals surface area contributed by atoms with E-state index < -0.39 is 0 Å². The van der Waals surface area contributed by atoms with Crippen molar-refractivity contribution in [3.63, 3.8) is 0 Å². The summed E-state index contributed by atoms with van der Waals surface area (Å²) in [7, 11) is 1.55. The van der Waals surface area contributed by atoms with Crippen LogP contribution < -0.4 is 14.2 Å². The first-order valence-corrected chi connectivity index (χ1v) is 8.16. The summed E-state index contributed by atoms with van der Waals surface area (Å²) in [5.74, 6) is 2.62. The molecule has 0 N–H and O–H groups in total. The van der Waals surface area contributed by atoms with Crippen LogP contribution in [0.2, 0.25) is 0 Å². The Hall–Kier alpha value is -2.49. The Morgan fingerprint density at radius 3 is 2.29 bits per heavy atom. The summed E-state index contributed by atoms with van der Waals surface area (Å²) in [4.78, 5) is 11.2. The summed E-state index contributed by atoms with van der Waals surface area (Å²) < 4.78 is 17.1. The van der Waals surface area contributed by atoms with Gasteiger partial charge in [0.1, 0.15) is 12.0 Å². The minimum Gasteiger partial charge on any atom is -0.493 e. The maximum atomic E-state index is 11.2. The van der Waals surface area contributed by atoms with Crippen LogP contribution in [-0.2, 0) is 0 Å². The van der Waals surface area contributed by atoms with Crippen molar-refractivity contribution in [2.24, 2.45) is 0 Å². The van der Waals surface area contributed by atoms with Gasteiger partial charge in [0, 0.05) is 5.56 Å². The van der Waals surface area contributed by atoms with Gasteiger partial charge in [-0.2, -0.15) is 0 Å². The molecule has 0 aliphatic rings. The van der Waals surface area contributed by atoms with Gasteiger partial charge in [-0.25, -0.2) is 0 Å². The Bertz CT molecular complexity index is 675. The minimum absolute atomic E-state index is 0.459. The van der Waals surface area contributed by atoms with Crippen LogP contribution >= 0.6 is 0 Å². The van der Waals surface area contributed by atoms with E-state index in [0.717, 1.165) is 12.7 Å². The molecule has 0 fully saturated rings. The molecular formula is C20H24O4. The predicted molar refractivity (Wildman–Crippen MR) is 94.8 cm³/mol. The van der Waals surface area contributed by atoms with Crippen molar-refractivity contribution in [1.82, 2.24) is 0 Å². The van der Waals surface area contributed by atoms with Crippen LogP contribution in [0.5, 0.6) is 23.0 Å². The van der Waals surface area contributed by atoms with Gasteiger partial charge in [-0.15, -0.1) is 0 Å². The van der Waals surface area contributed by atoms with E-state index in [0.29, 0.717) is 41.1 Å². The molecule has 0 aromatic heterocycles. The third kappa shape index (κ3) is 4.28. The smallest absolute Gasteiger partial charge is 0.204 e. The lowest BCUT2D eigenvalue weighted by molar-refractivity contribution is 0.112. The lowest BCUT2D eigenvalue weighted by Gasteiger charge is -2.16. The van der Waals surface area contributed by atoms with E-state index in [9.17, 15) is 4.79 Å². The maximum Gasteiger partial charge on any atom is 0.204 e. The fourth-order valence-corrected chi connectivity index (χ4v) is 2.29. The third-order valence-corrected chi connectivity index (χ3v) is 3.62. The van der Waals surface area contributed by atoms with Crippen molar-refractivity contribution in [3.8, 4) is 23.0 Å². The zero-order valence-corrected chi connectivity index (χ0v) is 14.7. The number of hydrogen-bond donors (Lipinski definition) is 0. The number of carbonyl (C=O) groups excluding carboxylic acids is 1. The highest BCUT2D eigenvalue weighted by molar-refractivity contribution is 5.78. The van der Waals surface area contributed by atoms with E-state index in [2.05, 4.69) is 13.8 Å². The van der Waals surface area contributed by atoms with Crippen molar-refractivity contribution >= 4 is 6.29 Å². The van der Waals surface area contributed by atoms with Crippen LogP contribution in [0.3, 0.4) is 0 Å². The lowest BCUT2D eigenvalue weighted by Crippen LogP contribution is -2.01. The molecule has 2 aromatic rings. The van der Waals surface area contributed by atoms with E-state index >= 15 is 0 Å². The highest BCUT2D eigenvalue weighted by Crippen LogP contribution is 2.41. The van der Waals surface area contributed by atoms with E-state index in [4.69, 9.17) is 14.2 Å². The molecule has 0 atom stereocenters. The Kier molecular flexibility index (Phi) is 6.24. The Balaban J connectivity index is 2.37. The van der Waals surface area contributed by atoms with Gasteiger partial charge in [-0.05, 0) is 42.2 Å². The van der Waals surface area contributed by atoms with Crippen LogP contribution in [0.15, 0.2) is 36.4 Å². The van der Waals surface area contributed by atoms with Crippen molar-refractivity contribution in [1.29, 1.82) is 0 Å². The first-order valence-electron chi connectivity index (χ1n) is 8.16. The van der Waals surface area contributed by atoms with Crippen LogP contribution in [0.25, 0.3) is 0 Å². The Labute approximate surface area is 143 Å². The van der Waals surface area contributed by atoms with Gasteiger partial charge < -0.3 is 14.2 Å². The molecule has 0 saturated heterocycles. The van der Waals surface area contributed by atoms with Crippen LogP contribution in [-0.4, -0.2) is 20.0 Å². The van der Waals surface area contributed by atoms with E-state index in [1.165, 1.54) is 5.56 Å². The largest absolute Gasteiger partial charge is 0.493 e. The Morgan fingerprint density at radius 1 is 1.08 bits per heavy atom. The molecule has 0 heterocycles. The topological polar surface area (TPSA) is 44.8 Å². The summed E-state index contributed by atoms with van der Waals surface area (Å²) in [6, 6.07) is 11.2. The number of methoxy groups -OCH3 is 1. The van der Waals surface area contributed by atoms with Crippen LogP contribution in [0.1, 0.15) is 49.0 Å². The summed E-state index contributed by atoms with van der Waals surface area (Å²) in [6.45, 7) is 6.85. The highest BCUT2D eigenvalue weighted by Gasteiger charge is 2.15. The molecule has 2 aromatic carbocycles. The van der Waals surface area contributed by atoms with Crippen LogP contribution in [0.4, 0.5) is 0 Å². The molecule has 2 rings (SSSR count). The van der Waals surface area contributed by atoms with Gasteiger partial charge in [0.05, 0.1) is 13.7 Å². The summed E-state index contributed by atoms with van der Waals surface area (Å²) in [5, 5.41) is 0. The number of carbonyl (C=O) groups is 1. The monoisotopic (exact) mass is 328 g/mol. The molecule has 4 nitrogen and oxygen atoms in total. The van der Waals surface area contributed by atoms with Crippen molar-refractivity contribution in [3.05, 3.63) is 47.5 Å². The quantitative estimate of drug-likeness (QED) is 0.624. The third-order valence-electron chi connectivity index (χ3n) is 3.62. The summed E-state index contributed by atoms with van der Waals surface area (Å²) in [6.07, 6.45) is 1.63. The molecular weight excluding hydrogens is 304 g/mol. The average molecular weight is 328 g/mol. The molecule has 4 heteroatoms. The number of benzene rings is 2. The zero-order chi connectivity index (χ0) is 17.5. The molecule has 0 bridgehead atoms. The van der Waals surface area contributed by atoms with Gasteiger partial charge in [0.15, 0.2) is 11.5 Å². The van der Waals surface area contributed by atoms with Gasteiger partial charge in [-0.3, -0.25) is 4.79 Å². The van der Waals surface area contributed by atoms with Crippen molar-refractivity contribution in [2.45, 2.75) is 33.1 Å². The molecule has 0 amide bonds. The fraction of sp³-hybridized carbons (Fsp3) is 0.350. The van der Waals surface area contributed by atoms with Gasteiger partial charge in [0.2, 0.25) is 5.75 Å². The second-order valence-electron chi connectivity index (χ2n) is 5.84. The highest BCUT2D eigenvalue weighted by atomic mass is 16.5. The molecule has 24 heavy (non-hydrogen) atoms. The van der Waals surface area contributed by atoms with E-state index in [-0.39, 0.29) is 0 Å². The van der Waals surface area contributed by atoms with Crippen molar-refractivity contribution < 1.29 is 19.0 Å². The van der Waals surface area contributed by atoms with E-state index in [1.807, 2.05) is 31.2 Å². The minimum atomic E-state index is 0.459. The lowest BCUT2D eigenvalue weighted by atomic mass is 10.0. The van der Waals surface area contributed by atoms with Gasteiger partial charge in [0.25, 0.3) is 0 Å².